The van der Waals surface area contributed by atoms with Gasteiger partial charge < -0.3 is 10.0 Å². The summed E-state index contributed by atoms with van der Waals surface area (Å²) in [4.78, 5) is 2.51. The predicted octanol–water partition coefficient (Wildman–Crippen LogP) is 1.49. The molecule has 2 aliphatic rings. The van der Waals surface area contributed by atoms with Gasteiger partial charge in [0.2, 0.25) is 0 Å². The zero-order chi connectivity index (χ0) is 9.64. The minimum absolute atomic E-state index is 0.370. The number of hydrogen-bond donors (Lipinski definition) is 1. The van der Waals surface area contributed by atoms with Crippen LogP contribution < -0.4 is 0 Å². The number of rotatable bonds is 1. The standard InChI is InChI=1S/C11H21NO/c1-8(2)12-6-9-4-5-10(7-12)11(9,3)13/h8-10,13H,4-7H2,1-3H3. The molecule has 2 fully saturated rings. The molecule has 1 saturated heterocycles. The van der Waals surface area contributed by atoms with Crippen molar-refractivity contribution < 1.29 is 5.11 Å². The van der Waals surface area contributed by atoms with Crippen molar-refractivity contribution in [2.45, 2.75) is 45.3 Å². The molecule has 2 rings (SSSR count). The monoisotopic (exact) mass is 183 g/mol. The highest BCUT2D eigenvalue weighted by molar-refractivity contribution is 5.01. The van der Waals surface area contributed by atoms with E-state index < -0.39 is 0 Å². The van der Waals surface area contributed by atoms with E-state index in [9.17, 15) is 5.11 Å². The summed E-state index contributed by atoms with van der Waals surface area (Å²) in [6.07, 6.45) is 2.45. The predicted molar refractivity (Wildman–Crippen MR) is 53.5 cm³/mol. The third-order valence-corrected chi connectivity index (χ3v) is 4.16. The molecule has 2 unspecified atom stereocenters. The van der Waals surface area contributed by atoms with Gasteiger partial charge in [0.05, 0.1) is 5.60 Å². The van der Waals surface area contributed by atoms with Crippen LogP contribution in [0.4, 0.5) is 0 Å². The summed E-state index contributed by atoms with van der Waals surface area (Å²) < 4.78 is 0. The highest BCUT2D eigenvalue weighted by atomic mass is 16.3. The van der Waals surface area contributed by atoms with Gasteiger partial charge in [-0.2, -0.15) is 0 Å². The van der Waals surface area contributed by atoms with Gasteiger partial charge in [0.15, 0.2) is 0 Å². The maximum atomic E-state index is 10.2. The molecule has 13 heavy (non-hydrogen) atoms. The minimum Gasteiger partial charge on any atom is -0.390 e. The maximum absolute atomic E-state index is 10.2. The van der Waals surface area contributed by atoms with Gasteiger partial charge in [-0.05, 0) is 33.6 Å². The lowest BCUT2D eigenvalue weighted by atomic mass is 9.81. The van der Waals surface area contributed by atoms with Gasteiger partial charge in [0.1, 0.15) is 0 Å². The Balaban J connectivity index is 2.11. The largest absolute Gasteiger partial charge is 0.390 e. The van der Waals surface area contributed by atoms with Crippen LogP contribution in [0.5, 0.6) is 0 Å². The van der Waals surface area contributed by atoms with E-state index >= 15 is 0 Å². The first kappa shape index (κ1) is 9.47. The SMILES string of the molecule is CC(C)N1CC2CCC(C1)C2(C)O. The van der Waals surface area contributed by atoms with Crippen molar-refractivity contribution in [2.24, 2.45) is 11.8 Å². The second kappa shape index (κ2) is 2.96. The zero-order valence-electron chi connectivity index (χ0n) is 8.95. The third-order valence-electron chi connectivity index (χ3n) is 4.16. The minimum atomic E-state index is -0.370. The number of aliphatic hydroxyl groups is 1. The van der Waals surface area contributed by atoms with Crippen LogP contribution in [0, 0.1) is 11.8 Å². The fourth-order valence-electron chi connectivity index (χ4n) is 2.93. The summed E-state index contributed by atoms with van der Waals surface area (Å²) >= 11 is 0. The normalized spacial score (nSPS) is 45.9. The molecular weight excluding hydrogens is 162 g/mol. The summed E-state index contributed by atoms with van der Waals surface area (Å²) in [6.45, 7) is 8.73. The van der Waals surface area contributed by atoms with Crippen molar-refractivity contribution in [3.8, 4) is 0 Å². The van der Waals surface area contributed by atoms with E-state index in [0.29, 0.717) is 17.9 Å². The molecule has 2 heteroatoms. The highest BCUT2D eigenvalue weighted by Gasteiger charge is 2.49. The molecule has 0 spiro atoms. The van der Waals surface area contributed by atoms with Crippen LogP contribution in [0.25, 0.3) is 0 Å². The van der Waals surface area contributed by atoms with Gasteiger partial charge in [-0.15, -0.1) is 0 Å². The molecule has 1 N–H and O–H groups in total. The lowest BCUT2D eigenvalue weighted by Crippen LogP contribution is -2.53. The van der Waals surface area contributed by atoms with Gasteiger partial charge in [-0.25, -0.2) is 0 Å². The van der Waals surface area contributed by atoms with E-state index in [1.165, 1.54) is 12.8 Å². The van der Waals surface area contributed by atoms with Crippen LogP contribution in [0.3, 0.4) is 0 Å². The molecule has 2 nitrogen and oxygen atoms in total. The molecule has 1 heterocycles. The molecule has 76 valence electrons. The quantitative estimate of drug-likeness (QED) is 0.665. The van der Waals surface area contributed by atoms with Crippen molar-refractivity contribution >= 4 is 0 Å². The van der Waals surface area contributed by atoms with Crippen molar-refractivity contribution in [1.29, 1.82) is 0 Å². The number of piperidine rings is 1. The second-order valence-corrected chi connectivity index (χ2v) is 5.24. The zero-order valence-corrected chi connectivity index (χ0v) is 8.95. The van der Waals surface area contributed by atoms with Crippen LogP contribution >= 0.6 is 0 Å². The lowest BCUT2D eigenvalue weighted by Gasteiger charge is -2.44. The molecule has 1 saturated carbocycles. The van der Waals surface area contributed by atoms with E-state index in [1.54, 1.807) is 0 Å². The average Bonchev–Trinajstić information content (AvgIpc) is 2.24. The number of hydrogen-bond acceptors (Lipinski definition) is 2. The molecule has 0 amide bonds. The van der Waals surface area contributed by atoms with Crippen molar-refractivity contribution in [3.63, 3.8) is 0 Å². The Labute approximate surface area is 80.9 Å². The molecule has 1 aliphatic carbocycles. The van der Waals surface area contributed by atoms with Gasteiger partial charge in [0, 0.05) is 31.0 Å². The second-order valence-electron chi connectivity index (χ2n) is 5.24. The molecule has 1 aliphatic heterocycles. The average molecular weight is 183 g/mol. The molecule has 2 atom stereocenters. The number of fused-ring (bicyclic) bond motifs is 2. The topological polar surface area (TPSA) is 23.5 Å². The third kappa shape index (κ3) is 1.40. The summed E-state index contributed by atoms with van der Waals surface area (Å²) in [5.41, 5.74) is -0.370. The molecule has 0 radical (unpaired) electrons. The summed E-state index contributed by atoms with van der Waals surface area (Å²) in [6, 6.07) is 0.638. The van der Waals surface area contributed by atoms with Gasteiger partial charge in [-0.1, -0.05) is 0 Å². The van der Waals surface area contributed by atoms with Crippen LogP contribution in [0.1, 0.15) is 33.6 Å². The Morgan fingerprint density at radius 1 is 1.23 bits per heavy atom. The van der Waals surface area contributed by atoms with Crippen LogP contribution in [-0.2, 0) is 0 Å². The first-order chi connectivity index (χ1) is 6.01. The van der Waals surface area contributed by atoms with E-state index in [2.05, 4.69) is 18.7 Å². The van der Waals surface area contributed by atoms with E-state index in [4.69, 9.17) is 0 Å². The number of likely N-dealkylation sites (tertiary alicyclic amines) is 1. The van der Waals surface area contributed by atoms with Gasteiger partial charge in [-0.3, -0.25) is 0 Å². The smallest absolute Gasteiger partial charge is 0.0700 e. The van der Waals surface area contributed by atoms with Crippen LogP contribution in [-0.4, -0.2) is 34.7 Å². The maximum Gasteiger partial charge on any atom is 0.0700 e. The van der Waals surface area contributed by atoms with Crippen LogP contribution in [0.15, 0.2) is 0 Å². The van der Waals surface area contributed by atoms with Gasteiger partial charge in [0.25, 0.3) is 0 Å². The summed E-state index contributed by atoms with van der Waals surface area (Å²) in [7, 11) is 0. The Morgan fingerprint density at radius 3 is 2.08 bits per heavy atom. The number of nitrogens with zero attached hydrogens (tertiary/aromatic N) is 1. The highest BCUT2D eigenvalue weighted by Crippen LogP contribution is 2.44. The molecule has 2 bridgehead atoms. The van der Waals surface area contributed by atoms with Gasteiger partial charge >= 0.3 is 0 Å². The molecule has 0 aromatic rings. The van der Waals surface area contributed by atoms with Crippen molar-refractivity contribution in [2.75, 3.05) is 13.1 Å². The Kier molecular flexibility index (Phi) is 2.16. The summed E-state index contributed by atoms with van der Waals surface area (Å²) in [5.74, 6) is 1.04. The molecule has 0 aromatic heterocycles. The Hall–Kier alpha value is -0.0800. The Morgan fingerprint density at radius 2 is 1.69 bits per heavy atom. The van der Waals surface area contributed by atoms with Crippen LogP contribution in [0.2, 0.25) is 0 Å². The van der Waals surface area contributed by atoms with Crippen molar-refractivity contribution in [3.05, 3.63) is 0 Å². The first-order valence-corrected chi connectivity index (χ1v) is 5.48. The lowest BCUT2D eigenvalue weighted by molar-refractivity contribution is -0.0751. The fourth-order valence-corrected chi connectivity index (χ4v) is 2.93. The molecule has 0 aromatic carbocycles. The first-order valence-electron chi connectivity index (χ1n) is 5.48. The van der Waals surface area contributed by atoms with Crippen molar-refractivity contribution in [1.82, 2.24) is 4.90 Å². The van der Waals surface area contributed by atoms with E-state index in [1.807, 2.05) is 6.92 Å². The van der Waals surface area contributed by atoms with E-state index in [-0.39, 0.29) is 5.60 Å². The Bertz CT molecular complexity index is 184. The fraction of sp³-hybridized carbons (Fsp3) is 1.00. The van der Waals surface area contributed by atoms with E-state index in [0.717, 1.165) is 13.1 Å². The molecular formula is C11H21NO. The summed E-state index contributed by atoms with van der Waals surface area (Å²) in [5, 5.41) is 10.2.